The summed E-state index contributed by atoms with van der Waals surface area (Å²) in [4.78, 5) is 8.02. The van der Waals surface area contributed by atoms with Crippen LogP contribution >= 0.6 is 23.2 Å². The van der Waals surface area contributed by atoms with Gasteiger partial charge in [-0.25, -0.2) is 14.1 Å². The Hall–Kier alpha value is -2.85. The molecule has 0 saturated carbocycles. The highest BCUT2D eigenvalue weighted by molar-refractivity contribution is 6.35. The lowest BCUT2D eigenvalue weighted by Crippen LogP contribution is -2.20. The van der Waals surface area contributed by atoms with Crippen LogP contribution in [0.4, 0.5) is 10.1 Å². The quantitative estimate of drug-likeness (QED) is 0.450. The maximum absolute atomic E-state index is 14.7. The summed E-state index contributed by atoms with van der Waals surface area (Å²) in [6, 6.07) is 0. The van der Waals surface area contributed by atoms with E-state index < -0.39 is 6.17 Å². The number of nitrogens with two attached hydrogens (primary N) is 1. The first-order chi connectivity index (χ1) is 14.2. The minimum Gasteiger partial charge on any atom is -0.472 e. The zero-order valence-corrected chi connectivity index (χ0v) is 18.0. The molecule has 1 atom stereocenters. The van der Waals surface area contributed by atoms with Crippen LogP contribution in [-0.2, 0) is 13.6 Å². The molecular weight excluding hydrogens is 434 g/mol. The van der Waals surface area contributed by atoms with E-state index in [1.54, 1.807) is 27.1 Å². The zero-order chi connectivity index (χ0) is 21.6. The molecular formula is C18H19Cl2FN8O. The van der Waals surface area contributed by atoms with Gasteiger partial charge >= 0.3 is 0 Å². The van der Waals surface area contributed by atoms with Crippen LogP contribution in [-0.4, -0.2) is 46.9 Å². The molecule has 0 aromatic carbocycles. The average molecular weight is 453 g/mol. The molecule has 4 aromatic rings. The zero-order valence-electron chi connectivity index (χ0n) is 16.5. The van der Waals surface area contributed by atoms with E-state index in [2.05, 4.69) is 20.2 Å². The van der Waals surface area contributed by atoms with Gasteiger partial charge in [0.1, 0.15) is 17.9 Å². The Morgan fingerprint density at radius 3 is 2.70 bits per heavy atom. The summed E-state index contributed by atoms with van der Waals surface area (Å²) >= 11 is 12.0. The fourth-order valence-electron chi connectivity index (χ4n) is 3.19. The topological polar surface area (TPSA) is 102 Å². The van der Waals surface area contributed by atoms with Crippen molar-refractivity contribution in [3.05, 3.63) is 40.2 Å². The third-order valence-corrected chi connectivity index (χ3v) is 5.13. The summed E-state index contributed by atoms with van der Waals surface area (Å²) in [5.74, 6) is 0.791. The smallest absolute Gasteiger partial charge is 0.257 e. The van der Waals surface area contributed by atoms with Gasteiger partial charge in [-0.1, -0.05) is 11.6 Å². The van der Waals surface area contributed by atoms with Gasteiger partial charge < -0.3 is 15.0 Å². The fraction of sp³-hybridized carbons (Fsp3) is 0.333. The van der Waals surface area contributed by atoms with Crippen molar-refractivity contribution in [2.75, 3.05) is 12.3 Å². The predicted octanol–water partition coefficient (Wildman–Crippen LogP) is 3.27. The number of halogens is 3. The van der Waals surface area contributed by atoms with Crippen LogP contribution in [0.1, 0.15) is 11.3 Å². The molecule has 4 heterocycles. The Kier molecular flexibility index (Phi) is 5.29. The fourth-order valence-corrected chi connectivity index (χ4v) is 3.57. The third-order valence-electron chi connectivity index (χ3n) is 4.65. The highest BCUT2D eigenvalue weighted by atomic mass is 35.5. The maximum atomic E-state index is 14.7. The Morgan fingerprint density at radius 1 is 1.23 bits per heavy atom. The van der Waals surface area contributed by atoms with Gasteiger partial charge in [0.05, 0.1) is 22.6 Å². The van der Waals surface area contributed by atoms with E-state index in [4.69, 9.17) is 33.7 Å². The molecule has 0 amide bonds. The van der Waals surface area contributed by atoms with Crippen molar-refractivity contribution in [1.82, 2.24) is 34.1 Å². The number of anilines is 1. The highest BCUT2D eigenvalue weighted by Crippen LogP contribution is 2.28. The first kappa shape index (κ1) is 20.4. The number of fused-ring (bicyclic) bond motifs is 1. The molecule has 0 saturated heterocycles. The van der Waals surface area contributed by atoms with E-state index in [-0.39, 0.29) is 24.3 Å². The van der Waals surface area contributed by atoms with Crippen molar-refractivity contribution in [2.45, 2.75) is 26.6 Å². The first-order valence-corrected chi connectivity index (χ1v) is 9.79. The van der Waals surface area contributed by atoms with Gasteiger partial charge in [-0.15, -0.1) is 5.10 Å². The lowest BCUT2D eigenvalue weighted by Gasteiger charge is -2.11. The number of nitrogens with zero attached hydrogens (tertiary/aromatic N) is 7. The highest BCUT2D eigenvalue weighted by Gasteiger charge is 2.20. The van der Waals surface area contributed by atoms with Crippen molar-refractivity contribution in [1.29, 1.82) is 0 Å². The Labute approximate surface area is 181 Å². The third kappa shape index (κ3) is 3.68. The van der Waals surface area contributed by atoms with Crippen molar-refractivity contribution in [3.8, 4) is 11.7 Å². The average Bonchev–Trinajstić information content (AvgIpc) is 3.28. The number of hydrogen-bond donors (Lipinski definition) is 1. The standard InChI is InChI=1S/C18H19Cl2FN8O/c1-9-5-27(3)25-15(9)29-10(2)14(22)17(26-29)30-8-11(21)6-28-7-13(19)12-4-23-18(20)24-16(12)28/h4-5,7,11H,6,8,22H2,1-3H3. The number of alkyl halides is 1. The van der Waals surface area contributed by atoms with Crippen molar-refractivity contribution in [3.63, 3.8) is 0 Å². The molecule has 0 aliphatic rings. The van der Waals surface area contributed by atoms with Crippen molar-refractivity contribution >= 4 is 39.9 Å². The predicted molar refractivity (Wildman–Crippen MR) is 112 cm³/mol. The molecule has 0 bridgehead atoms. The molecule has 1 unspecified atom stereocenters. The molecule has 12 heteroatoms. The van der Waals surface area contributed by atoms with Crippen molar-refractivity contribution in [2.24, 2.45) is 7.05 Å². The second-order valence-corrected chi connectivity index (χ2v) is 7.68. The van der Waals surface area contributed by atoms with E-state index in [1.165, 1.54) is 6.20 Å². The van der Waals surface area contributed by atoms with Gasteiger partial charge in [0.2, 0.25) is 5.28 Å². The monoisotopic (exact) mass is 452 g/mol. The normalized spacial score (nSPS) is 12.6. The van der Waals surface area contributed by atoms with E-state index >= 15 is 0 Å². The lowest BCUT2D eigenvalue weighted by atomic mass is 10.3. The van der Waals surface area contributed by atoms with Crippen LogP contribution in [0.5, 0.6) is 5.88 Å². The van der Waals surface area contributed by atoms with Crippen LogP contribution in [0.25, 0.3) is 16.9 Å². The number of nitrogen functional groups attached to an aromatic ring is 1. The summed E-state index contributed by atoms with van der Waals surface area (Å²) in [6.45, 7) is 3.43. The van der Waals surface area contributed by atoms with Crippen LogP contribution in [0.15, 0.2) is 18.6 Å². The molecule has 4 rings (SSSR count). The molecule has 0 radical (unpaired) electrons. The first-order valence-electron chi connectivity index (χ1n) is 9.04. The summed E-state index contributed by atoms with van der Waals surface area (Å²) in [5.41, 5.74) is 8.49. The summed E-state index contributed by atoms with van der Waals surface area (Å²) in [6.07, 6.45) is 3.59. The van der Waals surface area contributed by atoms with Crippen LogP contribution < -0.4 is 10.5 Å². The number of hydrogen-bond acceptors (Lipinski definition) is 6. The second-order valence-electron chi connectivity index (χ2n) is 6.94. The number of rotatable bonds is 6. The van der Waals surface area contributed by atoms with E-state index in [0.29, 0.717) is 33.3 Å². The summed E-state index contributed by atoms with van der Waals surface area (Å²) < 4.78 is 25.1. The number of aryl methyl sites for hydroxylation is 2. The van der Waals surface area contributed by atoms with Gasteiger partial charge in [-0.3, -0.25) is 4.68 Å². The van der Waals surface area contributed by atoms with Gasteiger partial charge in [-0.2, -0.15) is 10.1 Å². The van der Waals surface area contributed by atoms with Gasteiger partial charge in [0.15, 0.2) is 12.0 Å². The lowest BCUT2D eigenvalue weighted by molar-refractivity contribution is 0.175. The summed E-state index contributed by atoms with van der Waals surface area (Å²) in [7, 11) is 1.82. The second kappa shape index (κ2) is 7.77. The van der Waals surface area contributed by atoms with Crippen LogP contribution in [0, 0.1) is 13.8 Å². The molecule has 0 aliphatic carbocycles. The molecule has 4 aromatic heterocycles. The molecule has 2 N–H and O–H groups in total. The van der Waals surface area contributed by atoms with E-state index in [0.717, 1.165) is 5.56 Å². The Morgan fingerprint density at radius 2 is 2.00 bits per heavy atom. The molecule has 0 aliphatic heterocycles. The van der Waals surface area contributed by atoms with Gasteiger partial charge in [-0.05, 0) is 25.4 Å². The Balaban J connectivity index is 1.50. The number of ether oxygens (including phenoxy) is 1. The molecule has 0 fully saturated rings. The van der Waals surface area contributed by atoms with Crippen molar-refractivity contribution < 1.29 is 9.13 Å². The minimum absolute atomic E-state index is 0.0322. The van der Waals surface area contributed by atoms with Gasteiger partial charge in [0, 0.05) is 31.2 Å². The molecule has 30 heavy (non-hydrogen) atoms. The van der Waals surface area contributed by atoms with Crippen LogP contribution in [0.3, 0.4) is 0 Å². The molecule has 158 valence electrons. The molecule has 0 spiro atoms. The Bertz CT molecular complexity index is 1230. The van der Waals surface area contributed by atoms with E-state index in [1.807, 2.05) is 20.2 Å². The largest absolute Gasteiger partial charge is 0.472 e. The molecule has 9 nitrogen and oxygen atoms in total. The maximum Gasteiger partial charge on any atom is 0.257 e. The van der Waals surface area contributed by atoms with Gasteiger partial charge in [0.25, 0.3) is 5.88 Å². The summed E-state index contributed by atoms with van der Waals surface area (Å²) in [5, 5.41) is 9.81. The number of aromatic nitrogens is 7. The van der Waals surface area contributed by atoms with E-state index in [9.17, 15) is 4.39 Å². The SMILES string of the molecule is Cc1cn(C)nc1-n1nc(OCC(F)Cn2cc(Cl)c3cnc(Cl)nc32)c(N)c1C. The van der Waals surface area contributed by atoms with Crippen LogP contribution in [0.2, 0.25) is 10.3 Å². The minimum atomic E-state index is -1.37.